The minimum Gasteiger partial charge on any atom is -0.353 e. The molecule has 0 radical (unpaired) electrons. The van der Waals surface area contributed by atoms with E-state index in [0.29, 0.717) is 5.92 Å². The summed E-state index contributed by atoms with van der Waals surface area (Å²) in [4.78, 5) is 4.50. The average molecular weight is 260 g/mol. The fourth-order valence-electron chi connectivity index (χ4n) is 2.24. The first-order valence-corrected chi connectivity index (χ1v) is 7.29. The molecular weight excluding hydrogens is 236 g/mol. The molecule has 2 aromatic rings. The molecule has 0 spiro atoms. The zero-order chi connectivity index (χ0) is 13.7. The summed E-state index contributed by atoms with van der Waals surface area (Å²) in [6.07, 6.45) is 7.02. The Balaban J connectivity index is 1.97. The maximum Gasteiger partial charge on any atom is 0.243 e. The van der Waals surface area contributed by atoms with Gasteiger partial charge in [-0.1, -0.05) is 33.1 Å². The predicted octanol–water partition coefficient (Wildman–Crippen LogP) is 3.67. The molecule has 0 aliphatic rings. The third kappa shape index (κ3) is 3.69. The van der Waals surface area contributed by atoms with Crippen LogP contribution in [0, 0.1) is 12.8 Å². The molecule has 4 heteroatoms. The molecule has 4 nitrogen and oxygen atoms in total. The molecule has 1 atom stereocenters. The normalized spacial score (nSPS) is 12.8. The second-order valence-electron chi connectivity index (χ2n) is 5.24. The summed E-state index contributed by atoms with van der Waals surface area (Å²) < 4.78 is 1.82. The number of nitrogens with zero attached hydrogens (tertiary/aromatic N) is 3. The highest BCUT2D eigenvalue weighted by molar-refractivity contribution is 5.45. The molecule has 19 heavy (non-hydrogen) atoms. The van der Waals surface area contributed by atoms with Gasteiger partial charge in [0.2, 0.25) is 5.95 Å². The zero-order valence-electron chi connectivity index (χ0n) is 12.2. The molecule has 0 aromatic carbocycles. The van der Waals surface area contributed by atoms with E-state index in [2.05, 4.69) is 36.2 Å². The molecule has 0 saturated heterocycles. The Morgan fingerprint density at radius 1 is 1.37 bits per heavy atom. The lowest BCUT2D eigenvalue weighted by Gasteiger charge is -2.13. The Bertz CT molecular complexity index is 518. The van der Waals surface area contributed by atoms with Crippen molar-refractivity contribution in [3.05, 3.63) is 23.9 Å². The molecule has 1 N–H and O–H groups in total. The fourth-order valence-corrected chi connectivity index (χ4v) is 2.24. The third-order valence-corrected chi connectivity index (χ3v) is 3.59. The second-order valence-corrected chi connectivity index (χ2v) is 5.24. The van der Waals surface area contributed by atoms with Gasteiger partial charge in [-0.3, -0.25) is 0 Å². The van der Waals surface area contributed by atoms with Gasteiger partial charge in [0.1, 0.15) is 0 Å². The van der Waals surface area contributed by atoms with Gasteiger partial charge in [-0.05, 0) is 37.0 Å². The number of hydrogen-bond donors (Lipinski definition) is 1. The Labute approximate surface area is 115 Å². The first kappa shape index (κ1) is 13.8. The van der Waals surface area contributed by atoms with Crippen LogP contribution in [0.1, 0.15) is 45.1 Å². The highest BCUT2D eigenvalue weighted by Gasteiger charge is 2.08. The van der Waals surface area contributed by atoms with Gasteiger partial charge in [0.05, 0.1) is 0 Å². The number of rotatable bonds is 7. The van der Waals surface area contributed by atoms with E-state index in [1.54, 1.807) is 0 Å². The van der Waals surface area contributed by atoms with Crippen LogP contribution in [-0.2, 0) is 0 Å². The van der Waals surface area contributed by atoms with Crippen molar-refractivity contribution in [3.63, 3.8) is 0 Å². The number of aryl methyl sites for hydroxylation is 1. The Morgan fingerprint density at radius 2 is 2.21 bits per heavy atom. The summed E-state index contributed by atoms with van der Waals surface area (Å²) in [5.41, 5.74) is 2.12. The van der Waals surface area contributed by atoms with E-state index >= 15 is 0 Å². The van der Waals surface area contributed by atoms with Gasteiger partial charge in [0.25, 0.3) is 0 Å². The summed E-state index contributed by atoms with van der Waals surface area (Å²) in [6, 6.07) is 4.09. The summed E-state index contributed by atoms with van der Waals surface area (Å²) in [5, 5.41) is 7.81. The summed E-state index contributed by atoms with van der Waals surface area (Å²) in [6.45, 7) is 7.53. The summed E-state index contributed by atoms with van der Waals surface area (Å²) in [5.74, 6) is 1.45. The molecule has 104 valence electrons. The molecule has 0 aliphatic carbocycles. The van der Waals surface area contributed by atoms with E-state index in [9.17, 15) is 0 Å². The lowest BCUT2D eigenvalue weighted by molar-refractivity contribution is 0.472. The molecule has 2 rings (SSSR count). The summed E-state index contributed by atoms with van der Waals surface area (Å²) in [7, 11) is 0. The van der Waals surface area contributed by atoms with Crippen molar-refractivity contribution in [2.45, 2.75) is 46.5 Å². The topological polar surface area (TPSA) is 42.2 Å². The maximum absolute atomic E-state index is 4.50. The molecular formula is C15H24N4. The second kappa shape index (κ2) is 6.55. The van der Waals surface area contributed by atoms with Crippen LogP contribution < -0.4 is 5.32 Å². The number of fused-ring (bicyclic) bond motifs is 1. The number of anilines is 1. The van der Waals surface area contributed by atoms with E-state index in [4.69, 9.17) is 0 Å². The van der Waals surface area contributed by atoms with Crippen LogP contribution in [0.5, 0.6) is 0 Å². The quantitative estimate of drug-likeness (QED) is 0.826. The first-order valence-electron chi connectivity index (χ1n) is 7.29. The van der Waals surface area contributed by atoms with Gasteiger partial charge in [0, 0.05) is 12.7 Å². The molecule has 2 aromatic heterocycles. The van der Waals surface area contributed by atoms with E-state index in [0.717, 1.165) is 18.1 Å². The number of pyridine rings is 1. The lowest BCUT2D eigenvalue weighted by Crippen LogP contribution is -2.14. The molecule has 0 bridgehead atoms. The van der Waals surface area contributed by atoms with Crippen LogP contribution in [-0.4, -0.2) is 21.1 Å². The van der Waals surface area contributed by atoms with Crippen LogP contribution >= 0.6 is 0 Å². The monoisotopic (exact) mass is 260 g/mol. The van der Waals surface area contributed by atoms with Crippen molar-refractivity contribution >= 4 is 11.6 Å². The number of aromatic nitrogens is 3. The molecule has 0 fully saturated rings. The minimum atomic E-state index is 0.716. The van der Waals surface area contributed by atoms with Crippen molar-refractivity contribution in [3.8, 4) is 0 Å². The first-order chi connectivity index (χ1) is 9.22. The van der Waals surface area contributed by atoms with Crippen LogP contribution in [0.25, 0.3) is 5.65 Å². The Kier molecular flexibility index (Phi) is 4.77. The highest BCUT2D eigenvalue weighted by atomic mass is 15.3. The number of unbranched alkanes of at least 4 members (excludes halogenated alkanes) is 1. The largest absolute Gasteiger partial charge is 0.353 e. The fraction of sp³-hybridized carbons (Fsp3) is 0.600. The van der Waals surface area contributed by atoms with Crippen LogP contribution in [0.15, 0.2) is 18.3 Å². The predicted molar refractivity (Wildman–Crippen MR) is 79.5 cm³/mol. The van der Waals surface area contributed by atoms with Crippen molar-refractivity contribution in [2.24, 2.45) is 5.92 Å². The molecule has 0 aliphatic heterocycles. The van der Waals surface area contributed by atoms with Crippen molar-refractivity contribution in [1.82, 2.24) is 14.6 Å². The van der Waals surface area contributed by atoms with Crippen LogP contribution in [0.3, 0.4) is 0 Å². The summed E-state index contributed by atoms with van der Waals surface area (Å²) >= 11 is 0. The molecule has 0 amide bonds. The smallest absolute Gasteiger partial charge is 0.243 e. The van der Waals surface area contributed by atoms with Gasteiger partial charge in [-0.15, -0.1) is 5.10 Å². The number of hydrogen-bond acceptors (Lipinski definition) is 3. The van der Waals surface area contributed by atoms with Crippen LogP contribution in [0.2, 0.25) is 0 Å². The Morgan fingerprint density at radius 3 is 2.95 bits per heavy atom. The van der Waals surface area contributed by atoms with Gasteiger partial charge in [-0.2, -0.15) is 4.98 Å². The third-order valence-electron chi connectivity index (χ3n) is 3.59. The van der Waals surface area contributed by atoms with E-state index in [-0.39, 0.29) is 0 Å². The molecule has 0 saturated carbocycles. The average Bonchev–Trinajstić information content (AvgIpc) is 2.81. The zero-order valence-corrected chi connectivity index (χ0v) is 12.2. The Hall–Kier alpha value is -1.58. The van der Waals surface area contributed by atoms with Crippen molar-refractivity contribution in [1.29, 1.82) is 0 Å². The van der Waals surface area contributed by atoms with Gasteiger partial charge in [0.15, 0.2) is 5.65 Å². The lowest BCUT2D eigenvalue weighted by atomic mass is 9.99. The van der Waals surface area contributed by atoms with E-state index in [1.807, 2.05) is 22.8 Å². The van der Waals surface area contributed by atoms with Gasteiger partial charge >= 0.3 is 0 Å². The van der Waals surface area contributed by atoms with Gasteiger partial charge < -0.3 is 5.32 Å². The van der Waals surface area contributed by atoms with Crippen LogP contribution in [0.4, 0.5) is 5.95 Å². The van der Waals surface area contributed by atoms with Crippen molar-refractivity contribution in [2.75, 3.05) is 11.9 Å². The minimum absolute atomic E-state index is 0.716. The molecule has 2 heterocycles. The standard InChI is InChI=1S/C15H24N4/c1-4-6-7-13(5-2)11-16-15-17-14-10-12(3)8-9-19(14)18-15/h8-10,13H,4-7,11H2,1-3H3,(H,16,18). The van der Waals surface area contributed by atoms with E-state index < -0.39 is 0 Å². The number of nitrogens with one attached hydrogen (secondary N) is 1. The molecule has 1 unspecified atom stereocenters. The van der Waals surface area contributed by atoms with Crippen molar-refractivity contribution < 1.29 is 0 Å². The van der Waals surface area contributed by atoms with E-state index in [1.165, 1.54) is 31.2 Å². The highest BCUT2D eigenvalue weighted by Crippen LogP contribution is 2.14. The van der Waals surface area contributed by atoms with Gasteiger partial charge in [-0.25, -0.2) is 4.52 Å². The SMILES string of the molecule is CCCCC(CC)CNc1nc2cc(C)ccn2n1. The maximum atomic E-state index is 4.50.